The van der Waals surface area contributed by atoms with Crippen molar-refractivity contribution in [1.82, 2.24) is 10.2 Å². The van der Waals surface area contributed by atoms with Crippen LogP contribution in [0.2, 0.25) is 5.82 Å². The Bertz CT molecular complexity index is 934. The molecular weight excluding hydrogens is 407 g/mol. The monoisotopic (exact) mass is 432 g/mol. The van der Waals surface area contributed by atoms with Gasteiger partial charge in [0.2, 0.25) is 11.8 Å². The number of rotatable bonds is 8. The molecule has 2 heterocycles. The Hall–Kier alpha value is -2.83. The highest BCUT2D eigenvalue weighted by molar-refractivity contribution is 6.48. The fourth-order valence-corrected chi connectivity index (χ4v) is 4.21. The molecule has 166 valence electrons. The first-order valence-electron chi connectivity index (χ1n) is 10.1. The van der Waals surface area contributed by atoms with Crippen LogP contribution in [0.1, 0.15) is 35.2 Å². The van der Waals surface area contributed by atoms with E-state index in [4.69, 9.17) is 20.9 Å². The highest BCUT2D eigenvalue weighted by Crippen LogP contribution is 2.60. The lowest BCUT2D eigenvalue weighted by atomic mass is 9.77. The van der Waals surface area contributed by atoms with E-state index in [1.165, 1.54) is 0 Å². The van der Waals surface area contributed by atoms with Crippen molar-refractivity contribution in [3.63, 3.8) is 0 Å². The minimum atomic E-state index is -1.23. The third-order valence-corrected chi connectivity index (χ3v) is 5.92. The Balaban J connectivity index is 1.38. The van der Waals surface area contributed by atoms with Crippen LogP contribution in [0.3, 0.4) is 0 Å². The summed E-state index contributed by atoms with van der Waals surface area (Å²) in [7, 11) is -1.01. The molecule has 1 saturated carbocycles. The van der Waals surface area contributed by atoms with Gasteiger partial charge in [0.25, 0.3) is 0 Å². The zero-order valence-electron chi connectivity index (χ0n) is 17.0. The van der Waals surface area contributed by atoms with E-state index in [0.29, 0.717) is 13.1 Å². The van der Waals surface area contributed by atoms with Gasteiger partial charge in [0.15, 0.2) is 0 Å². The van der Waals surface area contributed by atoms with Crippen LogP contribution in [0.15, 0.2) is 12.1 Å². The van der Waals surface area contributed by atoms with Gasteiger partial charge in [-0.3, -0.25) is 14.5 Å². The molecule has 11 nitrogen and oxygen atoms in total. The molecule has 7 N–H and O–H groups in total. The molecule has 4 rings (SSSR count). The molecule has 1 aromatic carbocycles. The third kappa shape index (κ3) is 4.18. The molecule has 2 amide bonds. The average molecular weight is 432 g/mol. The lowest BCUT2D eigenvalue weighted by Crippen LogP contribution is -2.64. The molecule has 31 heavy (non-hydrogen) atoms. The summed E-state index contributed by atoms with van der Waals surface area (Å²) in [5.41, 5.74) is 10.5. The first-order chi connectivity index (χ1) is 14.6. The van der Waals surface area contributed by atoms with E-state index in [2.05, 4.69) is 5.32 Å². The van der Waals surface area contributed by atoms with Gasteiger partial charge in [-0.05, 0) is 30.9 Å². The standard InChI is InChI=1S/C19H25BN4O7/c1-19(22,18(28)23-5-14(21)25)8-24-6-9(7-24)30-13-3-2-10-11-4-12(11)20(29)31-16(10)15(13)17(26)27/h2-3,9,11-12,29H,4-8,22H2,1H3,(H2,21,25)(H,23,28)(H,26,27)/t11-,12-,19-/m0/s1. The van der Waals surface area contributed by atoms with Crippen molar-refractivity contribution in [2.45, 2.75) is 36.7 Å². The third-order valence-electron chi connectivity index (χ3n) is 5.92. The largest absolute Gasteiger partial charge is 0.535 e. The quantitative estimate of drug-likeness (QED) is 0.306. The number of amides is 2. The number of hydrogen-bond donors (Lipinski definition) is 5. The molecule has 1 aromatic rings. The fourth-order valence-electron chi connectivity index (χ4n) is 4.21. The number of aromatic carboxylic acids is 1. The van der Waals surface area contributed by atoms with Crippen LogP contribution in [0.5, 0.6) is 11.5 Å². The van der Waals surface area contributed by atoms with E-state index < -0.39 is 30.4 Å². The summed E-state index contributed by atoms with van der Waals surface area (Å²) in [6, 6.07) is 3.43. The summed E-state index contributed by atoms with van der Waals surface area (Å²) < 4.78 is 11.4. The number of benzene rings is 1. The van der Waals surface area contributed by atoms with Gasteiger partial charge in [-0.2, -0.15) is 0 Å². The molecule has 3 atom stereocenters. The van der Waals surface area contributed by atoms with Crippen LogP contribution in [-0.4, -0.2) is 77.8 Å². The summed E-state index contributed by atoms with van der Waals surface area (Å²) in [4.78, 5) is 36.7. The minimum Gasteiger partial charge on any atom is -0.535 e. The fraction of sp³-hybridized carbons (Fsp3) is 0.526. The lowest BCUT2D eigenvalue weighted by molar-refractivity contribution is -0.129. The number of carboxylic acids is 1. The van der Waals surface area contributed by atoms with Gasteiger partial charge in [-0.15, -0.1) is 0 Å². The zero-order valence-corrected chi connectivity index (χ0v) is 17.0. The van der Waals surface area contributed by atoms with Crippen molar-refractivity contribution in [1.29, 1.82) is 0 Å². The number of hydrogen-bond acceptors (Lipinski definition) is 8. The molecule has 0 spiro atoms. The Labute approximate surface area is 178 Å². The van der Waals surface area contributed by atoms with Crippen molar-refractivity contribution in [3.8, 4) is 11.5 Å². The maximum absolute atomic E-state index is 12.1. The Morgan fingerprint density at radius 2 is 2.10 bits per heavy atom. The van der Waals surface area contributed by atoms with Gasteiger partial charge in [0.05, 0.1) is 6.54 Å². The number of likely N-dealkylation sites (tertiary alicyclic amines) is 1. The van der Waals surface area contributed by atoms with Gasteiger partial charge in [0.1, 0.15) is 28.7 Å². The summed E-state index contributed by atoms with van der Waals surface area (Å²) >= 11 is 0. The van der Waals surface area contributed by atoms with E-state index >= 15 is 0 Å². The summed E-state index contributed by atoms with van der Waals surface area (Å²) in [5.74, 6) is -1.85. The van der Waals surface area contributed by atoms with Crippen LogP contribution in [0.25, 0.3) is 0 Å². The first-order valence-corrected chi connectivity index (χ1v) is 10.1. The lowest BCUT2D eigenvalue weighted by Gasteiger charge is -2.42. The Morgan fingerprint density at radius 1 is 1.39 bits per heavy atom. The predicted molar refractivity (Wildman–Crippen MR) is 109 cm³/mol. The molecule has 2 fully saturated rings. The highest BCUT2D eigenvalue weighted by atomic mass is 16.5. The van der Waals surface area contributed by atoms with Crippen molar-refractivity contribution in [3.05, 3.63) is 23.3 Å². The molecule has 0 radical (unpaired) electrons. The van der Waals surface area contributed by atoms with Crippen LogP contribution in [0.4, 0.5) is 0 Å². The van der Waals surface area contributed by atoms with Crippen molar-refractivity contribution in [2.24, 2.45) is 11.5 Å². The van der Waals surface area contributed by atoms with E-state index in [0.717, 1.165) is 12.0 Å². The van der Waals surface area contributed by atoms with Gasteiger partial charge >= 0.3 is 13.1 Å². The van der Waals surface area contributed by atoms with Gasteiger partial charge < -0.3 is 36.3 Å². The summed E-state index contributed by atoms with van der Waals surface area (Å²) in [6.45, 7) is 2.38. The number of ether oxygens (including phenoxy) is 1. The maximum Gasteiger partial charge on any atom is 0.526 e. The van der Waals surface area contributed by atoms with Gasteiger partial charge in [-0.1, -0.05) is 6.07 Å². The number of nitrogens with zero attached hydrogens (tertiary/aromatic N) is 1. The molecule has 0 bridgehead atoms. The maximum atomic E-state index is 12.1. The van der Waals surface area contributed by atoms with E-state index in [1.807, 2.05) is 4.90 Å². The van der Waals surface area contributed by atoms with Crippen molar-refractivity contribution >= 4 is 24.9 Å². The minimum absolute atomic E-state index is 0.0202. The molecule has 1 saturated heterocycles. The molecule has 0 aromatic heterocycles. The average Bonchev–Trinajstić information content (AvgIpc) is 3.45. The van der Waals surface area contributed by atoms with Crippen LogP contribution in [0, 0.1) is 0 Å². The summed E-state index contributed by atoms with van der Waals surface area (Å²) in [6.07, 6.45) is 0.485. The van der Waals surface area contributed by atoms with Crippen LogP contribution in [-0.2, 0) is 9.59 Å². The number of fused-ring (bicyclic) bond motifs is 3. The molecular formula is C19H25BN4O7. The summed E-state index contributed by atoms with van der Waals surface area (Å²) in [5, 5.41) is 22.1. The topological polar surface area (TPSA) is 177 Å². The number of carbonyl (C=O) groups excluding carboxylic acids is 2. The predicted octanol–water partition coefficient (Wildman–Crippen LogP) is -1.50. The Morgan fingerprint density at radius 3 is 2.74 bits per heavy atom. The number of primary amides is 1. The number of carbonyl (C=O) groups is 3. The first kappa shape index (κ1) is 21.4. The van der Waals surface area contributed by atoms with E-state index in [-0.39, 0.29) is 48.0 Å². The van der Waals surface area contributed by atoms with E-state index in [9.17, 15) is 24.5 Å². The molecule has 0 unspecified atom stereocenters. The highest BCUT2D eigenvalue weighted by Gasteiger charge is 2.54. The van der Waals surface area contributed by atoms with E-state index in [1.54, 1.807) is 19.1 Å². The molecule has 1 aliphatic carbocycles. The van der Waals surface area contributed by atoms with Crippen LogP contribution < -0.4 is 26.2 Å². The van der Waals surface area contributed by atoms with Crippen molar-refractivity contribution in [2.75, 3.05) is 26.2 Å². The number of nitrogens with one attached hydrogen (secondary N) is 1. The van der Waals surface area contributed by atoms with Gasteiger partial charge in [0, 0.05) is 25.5 Å². The van der Waals surface area contributed by atoms with Crippen LogP contribution >= 0.6 is 0 Å². The number of nitrogens with two attached hydrogens (primary N) is 2. The molecule has 2 aliphatic heterocycles. The smallest absolute Gasteiger partial charge is 0.526 e. The Kier molecular flexibility index (Phi) is 5.32. The molecule has 12 heteroatoms. The number of carboxylic acid groups (broad SMARTS) is 1. The normalized spacial score (nSPS) is 24.0. The zero-order chi connectivity index (χ0) is 22.5. The van der Waals surface area contributed by atoms with Crippen molar-refractivity contribution < 1.29 is 33.9 Å². The second-order valence-corrected chi connectivity index (χ2v) is 8.68. The second-order valence-electron chi connectivity index (χ2n) is 8.68. The molecule has 3 aliphatic rings. The second kappa shape index (κ2) is 7.70. The van der Waals surface area contributed by atoms with Gasteiger partial charge in [-0.25, -0.2) is 4.79 Å². The SMILES string of the molecule is C[C@](N)(CN1CC(Oc2ccc3c(c2C(=O)O)OB(O)[C@H]2C[C@@H]32)C1)C(=O)NCC(N)=O.